The van der Waals surface area contributed by atoms with Crippen LogP contribution in [0.3, 0.4) is 0 Å². The van der Waals surface area contributed by atoms with Gasteiger partial charge in [0.1, 0.15) is 5.75 Å². The summed E-state index contributed by atoms with van der Waals surface area (Å²) < 4.78 is 7.13. The molecule has 0 bridgehead atoms. The molecule has 0 aliphatic carbocycles. The SMILES string of the molecule is COc1cccc(SC[C@H]2CSc3nc4ccccc4c(=O)n32)c1. The highest BCUT2D eigenvalue weighted by atomic mass is 32.2. The van der Waals surface area contributed by atoms with Gasteiger partial charge in [0.2, 0.25) is 0 Å². The number of hydrogen-bond acceptors (Lipinski definition) is 5. The molecule has 1 atom stereocenters. The van der Waals surface area contributed by atoms with Gasteiger partial charge in [0, 0.05) is 16.4 Å². The molecule has 0 amide bonds. The van der Waals surface area contributed by atoms with Crippen LogP contribution in [0.25, 0.3) is 10.9 Å². The molecular formula is C18H16N2O2S2. The van der Waals surface area contributed by atoms with Gasteiger partial charge >= 0.3 is 0 Å². The summed E-state index contributed by atoms with van der Waals surface area (Å²) in [6.07, 6.45) is 0. The van der Waals surface area contributed by atoms with Gasteiger partial charge in [-0.3, -0.25) is 9.36 Å². The predicted octanol–water partition coefficient (Wildman–Crippen LogP) is 3.84. The smallest absolute Gasteiger partial charge is 0.262 e. The highest BCUT2D eigenvalue weighted by Gasteiger charge is 2.26. The van der Waals surface area contributed by atoms with Gasteiger partial charge < -0.3 is 4.74 Å². The molecule has 0 saturated heterocycles. The van der Waals surface area contributed by atoms with Crippen LogP contribution >= 0.6 is 23.5 Å². The topological polar surface area (TPSA) is 44.1 Å². The number of hydrogen-bond donors (Lipinski definition) is 0. The summed E-state index contributed by atoms with van der Waals surface area (Å²) in [5.74, 6) is 2.58. The zero-order valence-corrected chi connectivity index (χ0v) is 14.8. The monoisotopic (exact) mass is 356 g/mol. The Morgan fingerprint density at radius 2 is 2.17 bits per heavy atom. The van der Waals surface area contributed by atoms with Gasteiger partial charge in [-0.1, -0.05) is 30.0 Å². The highest BCUT2D eigenvalue weighted by molar-refractivity contribution is 8.00. The van der Waals surface area contributed by atoms with Gasteiger partial charge in [-0.2, -0.15) is 0 Å². The quantitative estimate of drug-likeness (QED) is 0.525. The van der Waals surface area contributed by atoms with E-state index in [4.69, 9.17) is 4.74 Å². The van der Waals surface area contributed by atoms with E-state index < -0.39 is 0 Å². The minimum absolute atomic E-state index is 0.0665. The summed E-state index contributed by atoms with van der Waals surface area (Å²) >= 11 is 3.41. The van der Waals surface area contributed by atoms with Crippen molar-refractivity contribution >= 4 is 34.4 Å². The van der Waals surface area contributed by atoms with Crippen molar-refractivity contribution in [1.29, 1.82) is 0 Å². The molecule has 122 valence electrons. The van der Waals surface area contributed by atoms with Crippen molar-refractivity contribution in [3.63, 3.8) is 0 Å². The molecule has 1 aromatic heterocycles. The van der Waals surface area contributed by atoms with E-state index in [2.05, 4.69) is 11.1 Å². The zero-order chi connectivity index (χ0) is 16.5. The third-order valence-electron chi connectivity index (χ3n) is 4.03. The molecule has 2 heterocycles. The van der Waals surface area contributed by atoms with Gasteiger partial charge in [-0.05, 0) is 30.3 Å². The second-order valence-electron chi connectivity index (χ2n) is 5.54. The average Bonchev–Trinajstić information content (AvgIpc) is 3.03. The van der Waals surface area contributed by atoms with E-state index in [1.165, 1.54) is 0 Å². The lowest BCUT2D eigenvalue weighted by molar-refractivity contribution is 0.413. The van der Waals surface area contributed by atoms with Crippen LogP contribution in [-0.2, 0) is 0 Å². The van der Waals surface area contributed by atoms with Gasteiger partial charge in [0.05, 0.1) is 24.1 Å². The van der Waals surface area contributed by atoms with Crippen LogP contribution in [0.2, 0.25) is 0 Å². The predicted molar refractivity (Wildman–Crippen MR) is 99.5 cm³/mol. The Morgan fingerprint density at radius 1 is 1.29 bits per heavy atom. The van der Waals surface area contributed by atoms with Crippen molar-refractivity contribution in [2.24, 2.45) is 0 Å². The molecular weight excluding hydrogens is 340 g/mol. The molecule has 2 aromatic carbocycles. The molecule has 4 nitrogen and oxygen atoms in total. The number of thioether (sulfide) groups is 2. The molecule has 24 heavy (non-hydrogen) atoms. The largest absolute Gasteiger partial charge is 0.497 e. The molecule has 0 fully saturated rings. The molecule has 0 N–H and O–H groups in total. The number of benzene rings is 2. The Hall–Kier alpha value is -1.92. The van der Waals surface area contributed by atoms with Crippen molar-refractivity contribution in [2.45, 2.75) is 16.1 Å². The highest BCUT2D eigenvalue weighted by Crippen LogP contribution is 2.35. The average molecular weight is 356 g/mol. The molecule has 0 spiro atoms. The van der Waals surface area contributed by atoms with Crippen LogP contribution in [0.4, 0.5) is 0 Å². The van der Waals surface area contributed by atoms with E-state index in [-0.39, 0.29) is 11.6 Å². The second-order valence-corrected chi connectivity index (χ2v) is 7.62. The number of methoxy groups -OCH3 is 1. The molecule has 1 aliphatic heterocycles. The van der Waals surface area contributed by atoms with Crippen molar-refractivity contribution in [1.82, 2.24) is 9.55 Å². The second kappa shape index (κ2) is 6.53. The summed E-state index contributed by atoms with van der Waals surface area (Å²) in [5.41, 5.74) is 0.846. The lowest BCUT2D eigenvalue weighted by Crippen LogP contribution is -2.25. The van der Waals surface area contributed by atoms with Crippen LogP contribution < -0.4 is 10.3 Å². The minimum Gasteiger partial charge on any atom is -0.497 e. The first-order chi connectivity index (χ1) is 11.8. The molecule has 0 radical (unpaired) electrons. The van der Waals surface area contributed by atoms with Crippen molar-refractivity contribution in [3.8, 4) is 5.75 Å². The fourth-order valence-electron chi connectivity index (χ4n) is 2.80. The number of aromatic nitrogens is 2. The summed E-state index contributed by atoms with van der Waals surface area (Å²) in [4.78, 5) is 18.6. The third kappa shape index (κ3) is 2.80. The maximum Gasteiger partial charge on any atom is 0.262 e. The number of fused-ring (bicyclic) bond motifs is 2. The molecule has 1 aliphatic rings. The fourth-order valence-corrected chi connectivity index (χ4v) is 5.12. The first-order valence-corrected chi connectivity index (χ1v) is 9.64. The van der Waals surface area contributed by atoms with E-state index in [9.17, 15) is 4.79 Å². The Kier molecular flexibility index (Phi) is 4.24. The normalized spacial score (nSPS) is 16.3. The summed E-state index contributed by atoms with van der Waals surface area (Å²) in [7, 11) is 1.67. The van der Waals surface area contributed by atoms with Crippen molar-refractivity contribution in [2.75, 3.05) is 18.6 Å². The Labute approximate surface area is 148 Å². The lowest BCUT2D eigenvalue weighted by atomic mass is 10.2. The van der Waals surface area contributed by atoms with Crippen LogP contribution in [0.15, 0.2) is 63.4 Å². The first kappa shape index (κ1) is 15.6. The Bertz CT molecular complexity index is 955. The van der Waals surface area contributed by atoms with Gasteiger partial charge in [-0.15, -0.1) is 11.8 Å². The first-order valence-electron chi connectivity index (χ1n) is 7.67. The molecule has 4 rings (SSSR count). The minimum atomic E-state index is 0.0665. The molecule has 6 heteroatoms. The number of ether oxygens (including phenoxy) is 1. The van der Waals surface area contributed by atoms with Gasteiger partial charge in [-0.25, -0.2) is 4.98 Å². The lowest BCUT2D eigenvalue weighted by Gasteiger charge is -2.13. The van der Waals surface area contributed by atoms with E-state index in [0.717, 1.165) is 32.8 Å². The van der Waals surface area contributed by atoms with E-state index >= 15 is 0 Å². The number of rotatable bonds is 4. The van der Waals surface area contributed by atoms with Crippen LogP contribution in [0.1, 0.15) is 6.04 Å². The van der Waals surface area contributed by atoms with Crippen molar-refractivity contribution < 1.29 is 4.74 Å². The van der Waals surface area contributed by atoms with E-state index in [1.807, 2.05) is 47.0 Å². The summed E-state index contributed by atoms with van der Waals surface area (Å²) in [6, 6.07) is 15.7. The fraction of sp³-hybridized carbons (Fsp3) is 0.222. The maximum atomic E-state index is 12.8. The van der Waals surface area contributed by atoms with Gasteiger partial charge in [0.25, 0.3) is 5.56 Å². The standard InChI is InChI=1S/C18H16N2O2S2/c1-22-13-5-4-6-14(9-13)23-10-12-11-24-18-19-16-8-3-2-7-15(16)17(21)20(12)18/h2-9,12H,10-11H2,1H3/t12-/m0/s1. The van der Waals surface area contributed by atoms with Crippen LogP contribution in [0.5, 0.6) is 5.75 Å². The third-order valence-corrected chi connectivity index (χ3v) is 6.27. The van der Waals surface area contributed by atoms with Crippen LogP contribution in [-0.4, -0.2) is 28.2 Å². The maximum absolute atomic E-state index is 12.8. The Morgan fingerprint density at radius 3 is 3.04 bits per heavy atom. The van der Waals surface area contributed by atoms with Gasteiger partial charge in [0.15, 0.2) is 5.16 Å². The number of para-hydroxylation sites is 1. The van der Waals surface area contributed by atoms with E-state index in [1.54, 1.807) is 30.6 Å². The Balaban J connectivity index is 1.62. The van der Waals surface area contributed by atoms with E-state index in [0.29, 0.717) is 5.39 Å². The zero-order valence-electron chi connectivity index (χ0n) is 13.1. The van der Waals surface area contributed by atoms with Crippen LogP contribution in [0, 0.1) is 0 Å². The molecule has 0 saturated carbocycles. The summed E-state index contributed by atoms with van der Waals surface area (Å²) in [6.45, 7) is 0. The summed E-state index contributed by atoms with van der Waals surface area (Å²) in [5, 5.41) is 1.52. The molecule has 3 aromatic rings. The molecule has 0 unspecified atom stereocenters. The number of nitrogens with zero attached hydrogens (tertiary/aromatic N) is 2. The van der Waals surface area contributed by atoms with Crippen molar-refractivity contribution in [3.05, 3.63) is 58.9 Å².